The third-order valence-corrected chi connectivity index (χ3v) is 9.84. The second-order valence-corrected chi connectivity index (χ2v) is 15.4. The Balaban J connectivity index is 0.000000166. The Morgan fingerprint density at radius 2 is 1.25 bits per heavy atom. The number of nitrogen functional groups attached to an aromatic ring is 1. The van der Waals surface area contributed by atoms with Crippen molar-refractivity contribution in [3.8, 4) is 22.3 Å². The van der Waals surface area contributed by atoms with Crippen LogP contribution in [0.5, 0.6) is 0 Å². The molecule has 2 aliphatic carbocycles. The van der Waals surface area contributed by atoms with Gasteiger partial charge in [0.1, 0.15) is 23.2 Å². The summed E-state index contributed by atoms with van der Waals surface area (Å²) >= 11 is 17.5. The van der Waals surface area contributed by atoms with Crippen molar-refractivity contribution < 1.29 is 18.4 Å². The molecule has 2 saturated carbocycles. The number of halogens is 5. The number of Topliss-reactive ketones (excluding diaryl/α,β-unsaturated/α-hetero) is 1. The fraction of sp³-hybridized carbons (Fsp3) is 0.209. The van der Waals surface area contributed by atoms with Gasteiger partial charge in [0.2, 0.25) is 5.91 Å². The predicted molar refractivity (Wildman–Crippen MR) is 229 cm³/mol. The van der Waals surface area contributed by atoms with Gasteiger partial charge in [-0.3, -0.25) is 24.2 Å². The predicted octanol–water partition coefficient (Wildman–Crippen LogP) is 9.97. The molecule has 2 aromatic carbocycles. The summed E-state index contributed by atoms with van der Waals surface area (Å²) in [6, 6.07) is 18.2. The number of hydrogen-bond donors (Lipinski definition) is 5. The molecule has 11 nitrogen and oxygen atoms in total. The second kappa shape index (κ2) is 18.8. The van der Waals surface area contributed by atoms with Crippen molar-refractivity contribution in [1.29, 1.82) is 0 Å². The number of anilines is 4. The van der Waals surface area contributed by atoms with E-state index in [1.165, 1.54) is 62.5 Å². The summed E-state index contributed by atoms with van der Waals surface area (Å²) in [6.07, 6.45) is 7.45. The fourth-order valence-electron chi connectivity index (χ4n) is 6.14. The van der Waals surface area contributed by atoms with Crippen LogP contribution in [0.2, 0.25) is 15.1 Å². The van der Waals surface area contributed by atoms with Gasteiger partial charge in [-0.1, -0.05) is 34.8 Å². The van der Waals surface area contributed by atoms with Gasteiger partial charge in [-0.2, -0.15) is 0 Å². The van der Waals surface area contributed by atoms with Gasteiger partial charge in [0.05, 0.1) is 22.5 Å². The van der Waals surface area contributed by atoms with E-state index in [1.807, 2.05) is 0 Å². The summed E-state index contributed by atoms with van der Waals surface area (Å²) in [4.78, 5) is 60.4. The first-order chi connectivity index (χ1) is 28.1. The number of aromatic nitrogens is 4. The zero-order valence-electron chi connectivity index (χ0n) is 31.8. The molecule has 304 valence electrons. The molecule has 0 bridgehead atoms. The molecule has 2 aliphatic rings. The van der Waals surface area contributed by atoms with Gasteiger partial charge >= 0.3 is 0 Å². The van der Waals surface area contributed by atoms with E-state index in [9.17, 15) is 28.0 Å². The number of pyridine rings is 4. The number of rotatable bonds is 9. The van der Waals surface area contributed by atoms with Gasteiger partial charge < -0.3 is 26.3 Å². The van der Waals surface area contributed by atoms with Crippen LogP contribution in [0.3, 0.4) is 0 Å². The van der Waals surface area contributed by atoms with Crippen LogP contribution in [0.1, 0.15) is 68.4 Å². The van der Waals surface area contributed by atoms with E-state index in [-0.39, 0.29) is 57.4 Å². The number of aromatic amines is 2. The molecule has 2 fully saturated rings. The van der Waals surface area contributed by atoms with Crippen molar-refractivity contribution in [3.05, 3.63) is 150 Å². The van der Waals surface area contributed by atoms with E-state index >= 15 is 0 Å². The smallest absolute Gasteiger partial charge is 0.256 e. The molecule has 59 heavy (non-hydrogen) atoms. The number of nitrogens with one attached hydrogen (secondary N) is 4. The summed E-state index contributed by atoms with van der Waals surface area (Å²) in [6.45, 7) is 2.93. The molecule has 4 aromatic heterocycles. The molecule has 0 spiro atoms. The number of carbonyl (C=O) groups excluding carboxylic acids is 2. The molecular weight excluding hydrogens is 823 g/mol. The molecule has 0 radical (unpaired) electrons. The summed E-state index contributed by atoms with van der Waals surface area (Å²) in [5.74, 6) is -0.0556. The fourth-order valence-corrected chi connectivity index (χ4v) is 6.64. The minimum Gasteiger partial charge on any atom is -0.397 e. The Labute approximate surface area is 352 Å². The lowest BCUT2D eigenvalue weighted by molar-refractivity contribution is -0.116. The molecule has 1 amide bonds. The minimum absolute atomic E-state index is 0.0241. The molecule has 6 N–H and O–H groups in total. The zero-order valence-corrected chi connectivity index (χ0v) is 34.0. The van der Waals surface area contributed by atoms with Crippen molar-refractivity contribution in [1.82, 2.24) is 19.9 Å². The van der Waals surface area contributed by atoms with Crippen molar-refractivity contribution >= 4 is 69.4 Å². The number of benzene rings is 2. The number of carbonyl (C=O) groups is 2. The van der Waals surface area contributed by atoms with Gasteiger partial charge in [0.15, 0.2) is 0 Å². The topological polar surface area (TPSA) is 176 Å². The highest BCUT2D eigenvalue weighted by molar-refractivity contribution is 6.31. The molecule has 0 saturated heterocycles. The van der Waals surface area contributed by atoms with Gasteiger partial charge in [0.25, 0.3) is 11.1 Å². The highest BCUT2D eigenvalue weighted by Gasteiger charge is 2.29. The standard InChI is InChI=1S/C22H19ClFN3O2.C14H12ClFN2O.C7H7ClN2O/c1-12(28)8-16-10-15(6-7-25-16)26-20-11-18(17-9-14(23)4-5-19(17)24)22(29)27-21(20)13-2-3-13;15-8-3-4-11(16)9(5-8)10-6-12(17)13(7-1-2-7)18-14(10)19;1-5(11)10-7-4-6(8)2-3-9-7/h4-7,9-11,13H,2-3,8H2,1H3,(H,25,26)(H,27,29);3-7H,1-2,17H2,(H,18,19);2-4H,1H3,(H,9,10,11). The lowest BCUT2D eigenvalue weighted by Crippen LogP contribution is -2.14. The van der Waals surface area contributed by atoms with Gasteiger partial charge in [-0.05, 0) is 105 Å². The van der Waals surface area contributed by atoms with E-state index in [2.05, 4.69) is 30.6 Å². The number of ketones is 1. The molecule has 6 aromatic rings. The monoisotopic (exact) mass is 859 g/mol. The quantitative estimate of drug-likeness (QED) is 0.0955. The van der Waals surface area contributed by atoms with E-state index < -0.39 is 11.6 Å². The summed E-state index contributed by atoms with van der Waals surface area (Å²) in [5, 5.41) is 7.10. The van der Waals surface area contributed by atoms with E-state index in [4.69, 9.17) is 40.5 Å². The van der Waals surface area contributed by atoms with Crippen LogP contribution < -0.4 is 27.5 Å². The lowest BCUT2D eigenvalue weighted by atomic mass is 10.0. The molecule has 8 rings (SSSR count). The van der Waals surface area contributed by atoms with E-state index in [0.29, 0.717) is 43.9 Å². The van der Waals surface area contributed by atoms with Crippen LogP contribution in [0, 0.1) is 11.6 Å². The second-order valence-electron chi connectivity index (χ2n) is 14.1. The highest BCUT2D eigenvalue weighted by atomic mass is 35.5. The van der Waals surface area contributed by atoms with E-state index in [1.54, 1.807) is 36.5 Å². The number of hydrogen-bond acceptors (Lipinski definition) is 8. The lowest BCUT2D eigenvalue weighted by Gasteiger charge is -2.14. The van der Waals surface area contributed by atoms with Crippen LogP contribution in [0.15, 0.2) is 94.8 Å². The van der Waals surface area contributed by atoms with Crippen LogP contribution >= 0.6 is 34.8 Å². The maximum absolute atomic E-state index is 14.4. The third kappa shape index (κ3) is 11.6. The number of H-pyrrole nitrogens is 2. The maximum atomic E-state index is 14.4. The van der Waals surface area contributed by atoms with Crippen molar-refractivity contribution in [2.75, 3.05) is 16.4 Å². The molecule has 4 heterocycles. The van der Waals surface area contributed by atoms with Crippen LogP contribution in [0.4, 0.5) is 31.7 Å². The van der Waals surface area contributed by atoms with E-state index in [0.717, 1.165) is 42.8 Å². The van der Waals surface area contributed by atoms with Gasteiger partial charge in [-0.15, -0.1) is 0 Å². The van der Waals surface area contributed by atoms with Crippen molar-refractivity contribution in [3.63, 3.8) is 0 Å². The van der Waals surface area contributed by atoms with Crippen LogP contribution in [-0.4, -0.2) is 31.6 Å². The summed E-state index contributed by atoms with van der Waals surface area (Å²) < 4.78 is 28.2. The molecule has 0 unspecified atom stereocenters. The number of amides is 1. The Bertz CT molecular complexity index is 2660. The Morgan fingerprint density at radius 1 is 0.712 bits per heavy atom. The maximum Gasteiger partial charge on any atom is 0.256 e. The van der Waals surface area contributed by atoms with Crippen molar-refractivity contribution in [2.45, 2.75) is 57.8 Å². The normalized spacial score (nSPS) is 13.0. The van der Waals surface area contributed by atoms with Gasteiger partial charge in [-0.25, -0.2) is 13.8 Å². The van der Waals surface area contributed by atoms with Crippen LogP contribution in [-0.2, 0) is 16.0 Å². The zero-order chi connectivity index (χ0) is 42.4. The average Bonchev–Trinajstić information content (AvgIpc) is 4.11. The largest absolute Gasteiger partial charge is 0.397 e. The first-order valence-corrected chi connectivity index (χ1v) is 19.6. The minimum atomic E-state index is -0.516. The van der Waals surface area contributed by atoms with Gasteiger partial charge in [0, 0.05) is 86.5 Å². The number of nitrogens with two attached hydrogens (primary N) is 1. The molecule has 16 heteroatoms. The summed E-state index contributed by atoms with van der Waals surface area (Å²) in [5.41, 5.74) is 10.1. The third-order valence-electron chi connectivity index (χ3n) is 9.14. The molecule has 0 atom stereocenters. The summed E-state index contributed by atoms with van der Waals surface area (Å²) in [7, 11) is 0. The Hall–Kier alpha value is -5.89. The highest BCUT2D eigenvalue weighted by Crippen LogP contribution is 2.44. The Kier molecular flexibility index (Phi) is 13.6. The van der Waals surface area contributed by atoms with Crippen molar-refractivity contribution in [2.24, 2.45) is 0 Å². The molecule has 0 aliphatic heterocycles. The first-order valence-electron chi connectivity index (χ1n) is 18.5. The van der Waals surface area contributed by atoms with Crippen LogP contribution in [0.25, 0.3) is 22.3 Å². The molecular formula is C43H38Cl3F2N7O4. The number of nitrogens with zero attached hydrogens (tertiary/aromatic N) is 2. The SMILES string of the molecule is CC(=O)Cc1cc(Nc2cc(-c3cc(Cl)ccc3F)c(=O)[nH]c2C2CC2)ccn1.CC(=O)Nc1cc(Cl)ccn1.Nc1cc(-c2cc(Cl)ccc2F)c(=O)[nH]c1C1CC1. The first kappa shape index (κ1) is 42.7. The average molecular weight is 861 g/mol. The Morgan fingerprint density at radius 3 is 1.81 bits per heavy atom.